The lowest BCUT2D eigenvalue weighted by Crippen LogP contribution is -2.17. The van der Waals surface area contributed by atoms with Crippen LogP contribution in [-0.2, 0) is 11.8 Å². The average molecular weight is 465 g/mol. The Bertz CT molecular complexity index is 1300. The van der Waals surface area contributed by atoms with Crippen molar-refractivity contribution in [3.05, 3.63) is 48.0 Å². The number of hydrogen-bond donors (Lipinski definition) is 1. The molecular formula is C22H20N6O4S. The summed E-state index contributed by atoms with van der Waals surface area (Å²) in [4.78, 5) is 16.9. The van der Waals surface area contributed by atoms with Crippen LogP contribution in [0.3, 0.4) is 0 Å². The number of ether oxygens (including phenoxy) is 2. The van der Waals surface area contributed by atoms with E-state index in [-0.39, 0.29) is 17.6 Å². The summed E-state index contributed by atoms with van der Waals surface area (Å²) < 4.78 is 18.1. The Morgan fingerprint density at radius 3 is 2.70 bits per heavy atom. The van der Waals surface area contributed by atoms with Gasteiger partial charge in [0.2, 0.25) is 17.6 Å². The van der Waals surface area contributed by atoms with Crippen molar-refractivity contribution >= 4 is 23.4 Å². The largest absolute Gasteiger partial charge is 0.486 e. The van der Waals surface area contributed by atoms with Crippen molar-refractivity contribution in [3.8, 4) is 34.6 Å². The van der Waals surface area contributed by atoms with Crippen LogP contribution in [0.2, 0.25) is 0 Å². The van der Waals surface area contributed by atoms with Crippen LogP contribution in [0.25, 0.3) is 23.1 Å². The molecule has 1 N–H and O–H groups in total. The standard InChI is InChI=1S/C22H20N6O4S/c1-13-3-5-14(6-4-13)19-24-21(32-27-19)20-25-26-22(28(20)2)33-12-18(29)23-15-7-8-16-17(11-15)31-10-9-30-16/h3-8,11H,9-10,12H2,1-2H3,(H,23,29). The van der Waals surface area contributed by atoms with Gasteiger partial charge in [-0.2, -0.15) is 4.98 Å². The fourth-order valence-corrected chi connectivity index (χ4v) is 3.92. The third-order valence-electron chi connectivity index (χ3n) is 4.92. The molecule has 5 rings (SSSR count). The Hall–Kier alpha value is -3.86. The van der Waals surface area contributed by atoms with E-state index in [9.17, 15) is 4.79 Å². The van der Waals surface area contributed by atoms with Crippen molar-refractivity contribution in [1.82, 2.24) is 24.9 Å². The Kier molecular flexibility index (Phi) is 5.69. The zero-order valence-electron chi connectivity index (χ0n) is 17.9. The highest BCUT2D eigenvalue weighted by Gasteiger charge is 2.19. The summed E-state index contributed by atoms with van der Waals surface area (Å²) in [5.41, 5.74) is 2.64. The number of anilines is 1. The second-order valence-electron chi connectivity index (χ2n) is 7.35. The van der Waals surface area contributed by atoms with Gasteiger partial charge in [0, 0.05) is 24.4 Å². The molecule has 11 heteroatoms. The van der Waals surface area contributed by atoms with E-state index >= 15 is 0 Å². The summed E-state index contributed by atoms with van der Waals surface area (Å²) in [6, 6.07) is 13.1. The van der Waals surface area contributed by atoms with Gasteiger partial charge in [0.05, 0.1) is 5.75 Å². The van der Waals surface area contributed by atoms with Crippen molar-refractivity contribution in [1.29, 1.82) is 0 Å². The fourth-order valence-electron chi connectivity index (χ4n) is 3.21. The lowest BCUT2D eigenvalue weighted by molar-refractivity contribution is -0.113. The molecule has 0 aliphatic carbocycles. The summed E-state index contributed by atoms with van der Waals surface area (Å²) >= 11 is 1.25. The third-order valence-corrected chi connectivity index (χ3v) is 5.94. The number of fused-ring (bicyclic) bond motifs is 1. The van der Waals surface area contributed by atoms with E-state index in [0.717, 1.165) is 11.1 Å². The number of carbonyl (C=O) groups excluding carboxylic acids is 1. The van der Waals surface area contributed by atoms with Crippen LogP contribution in [0.5, 0.6) is 11.5 Å². The first-order valence-electron chi connectivity index (χ1n) is 10.2. The lowest BCUT2D eigenvalue weighted by atomic mass is 10.1. The number of aromatic nitrogens is 5. The van der Waals surface area contributed by atoms with Gasteiger partial charge in [0.25, 0.3) is 5.89 Å². The van der Waals surface area contributed by atoms with Gasteiger partial charge in [-0.25, -0.2) is 0 Å². The number of aryl methyl sites for hydroxylation is 1. The third kappa shape index (κ3) is 4.53. The second-order valence-corrected chi connectivity index (χ2v) is 8.29. The Morgan fingerprint density at radius 1 is 1.09 bits per heavy atom. The first kappa shape index (κ1) is 21.0. The van der Waals surface area contributed by atoms with Crippen molar-refractivity contribution in [3.63, 3.8) is 0 Å². The number of nitrogens with one attached hydrogen (secondary N) is 1. The van der Waals surface area contributed by atoms with Crippen LogP contribution in [-0.4, -0.2) is 49.8 Å². The molecule has 2 aromatic carbocycles. The first-order chi connectivity index (χ1) is 16.1. The molecule has 10 nitrogen and oxygen atoms in total. The smallest absolute Gasteiger partial charge is 0.296 e. The maximum absolute atomic E-state index is 12.4. The van der Waals surface area contributed by atoms with Gasteiger partial charge in [-0.1, -0.05) is 46.7 Å². The van der Waals surface area contributed by atoms with E-state index < -0.39 is 0 Å². The quantitative estimate of drug-likeness (QED) is 0.429. The molecule has 0 bridgehead atoms. The molecule has 0 atom stereocenters. The summed E-state index contributed by atoms with van der Waals surface area (Å²) in [5.74, 6) is 2.42. The Labute approximate surface area is 193 Å². The number of carbonyl (C=O) groups is 1. The lowest BCUT2D eigenvalue weighted by Gasteiger charge is -2.18. The molecule has 0 saturated carbocycles. The predicted octanol–water partition coefficient (Wildman–Crippen LogP) is 3.34. The fraction of sp³-hybridized carbons (Fsp3) is 0.227. The van der Waals surface area contributed by atoms with E-state index in [1.54, 1.807) is 29.8 Å². The maximum Gasteiger partial charge on any atom is 0.296 e. The van der Waals surface area contributed by atoms with E-state index in [1.165, 1.54) is 11.8 Å². The number of rotatable bonds is 6. The molecule has 1 amide bonds. The maximum atomic E-state index is 12.4. The molecule has 0 spiro atoms. The van der Waals surface area contributed by atoms with Crippen molar-refractivity contribution in [2.45, 2.75) is 12.1 Å². The molecule has 1 aliphatic heterocycles. The van der Waals surface area contributed by atoms with E-state index in [2.05, 4.69) is 25.7 Å². The van der Waals surface area contributed by atoms with Crippen LogP contribution in [0.15, 0.2) is 52.1 Å². The van der Waals surface area contributed by atoms with E-state index in [0.29, 0.717) is 47.2 Å². The molecule has 168 valence electrons. The SMILES string of the molecule is Cc1ccc(-c2noc(-c3nnc(SCC(=O)Nc4ccc5c(c4)OCCO5)n3C)n2)cc1. The molecule has 0 fully saturated rings. The molecule has 33 heavy (non-hydrogen) atoms. The normalized spacial score (nSPS) is 12.5. The summed E-state index contributed by atoms with van der Waals surface area (Å²) in [6.07, 6.45) is 0. The molecule has 0 unspecified atom stereocenters. The molecule has 2 aromatic heterocycles. The topological polar surface area (TPSA) is 117 Å². The monoisotopic (exact) mass is 464 g/mol. The number of hydrogen-bond acceptors (Lipinski definition) is 9. The summed E-state index contributed by atoms with van der Waals surface area (Å²) in [7, 11) is 1.78. The molecule has 4 aromatic rings. The molecule has 0 radical (unpaired) electrons. The van der Waals surface area contributed by atoms with Gasteiger partial charge < -0.3 is 23.9 Å². The number of benzene rings is 2. The van der Waals surface area contributed by atoms with Crippen molar-refractivity contribution in [2.75, 3.05) is 24.3 Å². The number of amides is 1. The van der Waals surface area contributed by atoms with Crippen LogP contribution >= 0.6 is 11.8 Å². The van der Waals surface area contributed by atoms with Gasteiger partial charge in [-0.15, -0.1) is 10.2 Å². The van der Waals surface area contributed by atoms with Crippen LogP contribution in [0, 0.1) is 6.92 Å². The van der Waals surface area contributed by atoms with E-state index in [1.807, 2.05) is 31.2 Å². The minimum Gasteiger partial charge on any atom is -0.486 e. The van der Waals surface area contributed by atoms with Gasteiger partial charge >= 0.3 is 0 Å². The van der Waals surface area contributed by atoms with Crippen molar-refractivity contribution < 1.29 is 18.8 Å². The highest BCUT2D eigenvalue weighted by atomic mass is 32.2. The highest BCUT2D eigenvalue weighted by Crippen LogP contribution is 2.32. The molecular weight excluding hydrogens is 444 g/mol. The summed E-state index contributed by atoms with van der Waals surface area (Å²) in [5, 5.41) is 15.7. The van der Waals surface area contributed by atoms with Crippen LogP contribution in [0.1, 0.15) is 5.56 Å². The zero-order chi connectivity index (χ0) is 22.8. The van der Waals surface area contributed by atoms with Gasteiger partial charge in [0.15, 0.2) is 16.7 Å². The van der Waals surface area contributed by atoms with Crippen molar-refractivity contribution in [2.24, 2.45) is 7.05 Å². The summed E-state index contributed by atoms with van der Waals surface area (Å²) in [6.45, 7) is 3.02. The van der Waals surface area contributed by atoms with E-state index in [4.69, 9.17) is 14.0 Å². The van der Waals surface area contributed by atoms with Crippen LogP contribution in [0.4, 0.5) is 5.69 Å². The van der Waals surface area contributed by atoms with Gasteiger partial charge in [-0.05, 0) is 19.1 Å². The Balaban J connectivity index is 1.23. The molecule has 3 heterocycles. The number of nitrogens with zero attached hydrogens (tertiary/aromatic N) is 5. The average Bonchev–Trinajstić information content (AvgIpc) is 3.45. The number of thioether (sulfide) groups is 1. The Morgan fingerprint density at radius 2 is 1.88 bits per heavy atom. The molecule has 1 aliphatic rings. The highest BCUT2D eigenvalue weighted by molar-refractivity contribution is 7.99. The predicted molar refractivity (Wildman–Crippen MR) is 121 cm³/mol. The van der Waals surface area contributed by atoms with Gasteiger partial charge in [0.1, 0.15) is 13.2 Å². The minimum atomic E-state index is -0.180. The zero-order valence-corrected chi connectivity index (χ0v) is 18.8. The second kappa shape index (κ2) is 8.94. The first-order valence-corrected chi connectivity index (χ1v) is 11.2. The minimum absolute atomic E-state index is 0.152. The van der Waals surface area contributed by atoms with Gasteiger partial charge in [-0.3, -0.25) is 4.79 Å². The van der Waals surface area contributed by atoms with Crippen LogP contribution < -0.4 is 14.8 Å². The molecule has 0 saturated heterocycles.